The van der Waals surface area contributed by atoms with E-state index in [9.17, 15) is 8.42 Å². The topological polar surface area (TPSA) is 58.2 Å². The van der Waals surface area contributed by atoms with E-state index in [1.165, 1.54) is 0 Å². The lowest BCUT2D eigenvalue weighted by atomic mass is 10.0. The molecule has 21 heavy (non-hydrogen) atoms. The standard InChI is InChI=1S/C16H26N2O2S/c1-3-12-17-13-14-6-8-15(9-7-14)21(19,20)18-16(2)10-4-5-11-16/h6-9,17-18H,3-5,10-13H2,1-2H3. The summed E-state index contributed by atoms with van der Waals surface area (Å²) in [7, 11) is -3.41. The average molecular weight is 310 g/mol. The van der Waals surface area contributed by atoms with Crippen molar-refractivity contribution in [1.29, 1.82) is 0 Å². The van der Waals surface area contributed by atoms with E-state index in [2.05, 4.69) is 17.0 Å². The van der Waals surface area contributed by atoms with Gasteiger partial charge in [-0.2, -0.15) is 0 Å². The van der Waals surface area contributed by atoms with Crippen LogP contribution in [0.1, 0.15) is 51.5 Å². The Bertz CT molecular complexity index is 546. The van der Waals surface area contributed by atoms with E-state index >= 15 is 0 Å². The maximum Gasteiger partial charge on any atom is 0.241 e. The fourth-order valence-electron chi connectivity index (χ4n) is 2.84. The van der Waals surface area contributed by atoms with Gasteiger partial charge >= 0.3 is 0 Å². The molecule has 0 radical (unpaired) electrons. The van der Waals surface area contributed by atoms with Gasteiger partial charge in [-0.05, 0) is 50.4 Å². The van der Waals surface area contributed by atoms with E-state index < -0.39 is 10.0 Å². The van der Waals surface area contributed by atoms with E-state index in [0.29, 0.717) is 4.90 Å². The summed E-state index contributed by atoms with van der Waals surface area (Å²) in [6.45, 7) is 5.87. The first kappa shape index (κ1) is 16.5. The van der Waals surface area contributed by atoms with Crippen molar-refractivity contribution in [2.45, 2.75) is 62.9 Å². The van der Waals surface area contributed by atoms with Crippen LogP contribution in [-0.2, 0) is 16.6 Å². The summed E-state index contributed by atoms with van der Waals surface area (Å²) in [4.78, 5) is 0.356. The number of hydrogen-bond acceptors (Lipinski definition) is 3. The van der Waals surface area contributed by atoms with Crippen LogP contribution in [-0.4, -0.2) is 20.5 Å². The van der Waals surface area contributed by atoms with Crippen molar-refractivity contribution in [3.8, 4) is 0 Å². The van der Waals surface area contributed by atoms with Gasteiger partial charge in [0.25, 0.3) is 0 Å². The van der Waals surface area contributed by atoms with Gasteiger partial charge in [-0.15, -0.1) is 0 Å². The summed E-state index contributed by atoms with van der Waals surface area (Å²) < 4.78 is 27.8. The summed E-state index contributed by atoms with van der Waals surface area (Å²) in [5.74, 6) is 0. The van der Waals surface area contributed by atoms with Gasteiger partial charge in [0.1, 0.15) is 0 Å². The number of hydrogen-bond donors (Lipinski definition) is 2. The molecule has 0 heterocycles. The minimum absolute atomic E-state index is 0.278. The van der Waals surface area contributed by atoms with Gasteiger partial charge in [0.15, 0.2) is 0 Å². The molecule has 0 bridgehead atoms. The second-order valence-electron chi connectivity index (χ2n) is 6.19. The zero-order valence-electron chi connectivity index (χ0n) is 13.0. The van der Waals surface area contributed by atoms with E-state index in [1.54, 1.807) is 12.1 Å². The molecule has 2 N–H and O–H groups in total. The highest BCUT2D eigenvalue weighted by atomic mass is 32.2. The number of benzene rings is 1. The van der Waals surface area contributed by atoms with Crippen LogP contribution in [0.5, 0.6) is 0 Å². The molecule has 2 rings (SSSR count). The molecule has 0 aliphatic heterocycles. The molecule has 4 nitrogen and oxygen atoms in total. The Kier molecular flexibility index (Phi) is 5.41. The Balaban J connectivity index is 2.03. The molecule has 1 aliphatic rings. The molecule has 0 unspecified atom stereocenters. The lowest BCUT2D eigenvalue weighted by Gasteiger charge is -2.24. The second kappa shape index (κ2) is 6.90. The van der Waals surface area contributed by atoms with Crippen LogP contribution in [0.25, 0.3) is 0 Å². The van der Waals surface area contributed by atoms with Crippen molar-refractivity contribution in [3.63, 3.8) is 0 Å². The highest BCUT2D eigenvalue weighted by Crippen LogP contribution is 2.30. The van der Waals surface area contributed by atoms with Gasteiger partial charge in [0.2, 0.25) is 10.0 Å². The van der Waals surface area contributed by atoms with Crippen LogP contribution in [0.2, 0.25) is 0 Å². The lowest BCUT2D eigenvalue weighted by Crippen LogP contribution is -2.43. The number of sulfonamides is 1. The van der Waals surface area contributed by atoms with Gasteiger partial charge in [0.05, 0.1) is 4.90 Å². The van der Waals surface area contributed by atoms with Crippen molar-refractivity contribution in [2.24, 2.45) is 0 Å². The lowest BCUT2D eigenvalue weighted by molar-refractivity contribution is 0.427. The van der Waals surface area contributed by atoms with E-state index in [0.717, 1.165) is 50.8 Å². The minimum atomic E-state index is -3.41. The summed E-state index contributed by atoms with van der Waals surface area (Å²) in [5.41, 5.74) is 0.828. The van der Waals surface area contributed by atoms with Crippen LogP contribution in [0.4, 0.5) is 0 Å². The first-order valence-corrected chi connectivity index (χ1v) is 9.27. The quantitative estimate of drug-likeness (QED) is 0.761. The first-order chi connectivity index (χ1) is 9.95. The van der Waals surface area contributed by atoms with Gasteiger partial charge in [0, 0.05) is 12.1 Å². The molecular weight excluding hydrogens is 284 g/mol. The van der Waals surface area contributed by atoms with E-state index in [1.807, 2.05) is 19.1 Å². The fourth-order valence-corrected chi connectivity index (χ4v) is 4.30. The van der Waals surface area contributed by atoms with E-state index in [4.69, 9.17) is 0 Å². The SMILES string of the molecule is CCCNCc1ccc(S(=O)(=O)NC2(C)CCCC2)cc1. The maximum absolute atomic E-state index is 12.4. The number of nitrogens with one attached hydrogen (secondary N) is 2. The molecule has 0 aromatic heterocycles. The molecule has 1 aromatic carbocycles. The maximum atomic E-state index is 12.4. The zero-order valence-corrected chi connectivity index (χ0v) is 13.8. The summed E-state index contributed by atoms with van der Waals surface area (Å²) in [5, 5.41) is 3.31. The molecular formula is C16H26N2O2S. The highest BCUT2D eigenvalue weighted by molar-refractivity contribution is 7.89. The predicted molar refractivity (Wildman–Crippen MR) is 85.6 cm³/mol. The zero-order chi connectivity index (χ0) is 15.3. The Morgan fingerprint density at radius 2 is 1.76 bits per heavy atom. The van der Waals surface area contributed by atoms with Crippen molar-refractivity contribution >= 4 is 10.0 Å². The third kappa shape index (κ3) is 4.53. The summed E-state index contributed by atoms with van der Waals surface area (Å²) >= 11 is 0. The Labute approximate surface area is 128 Å². The monoisotopic (exact) mass is 310 g/mol. The third-order valence-electron chi connectivity index (χ3n) is 4.08. The molecule has 1 saturated carbocycles. The van der Waals surface area contributed by atoms with Crippen molar-refractivity contribution < 1.29 is 8.42 Å². The molecule has 0 spiro atoms. The first-order valence-electron chi connectivity index (χ1n) is 7.79. The van der Waals surface area contributed by atoms with Gasteiger partial charge in [-0.3, -0.25) is 0 Å². The van der Waals surface area contributed by atoms with Crippen molar-refractivity contribution in [3.05, 3.63) is 29.8 Å². The van der Waals surface area contributed by atoms with Crippen LogP contribution in [0, 0.1) is 0 Å². The van der Waals surface area contributed by atoms with Gasteiger partial charge < -0.3 is 5.32 Å². The average Bonchev–Trinajstić information content (AvgIpc) is 2.85. The Morgan fingerprint density at radius 1 is 1.14 bits per heavy atom. The van der Waals surface area contributed by atoms with Gasteiger partial charge in [-0.25, -0.2) is 13.1 Å². The van der Waals surface area contributed by atoms with Crippen LogP contribution < -0.4 is 10.0 Å². The molecule has 0 saturated heterocycles. The van der Waals surface area contributed by atoms with Crippen molar-refractivity contribution in [1.82, 2.24) is 10.0 Å². The number of rotatable bonds is 7. The molecule has 0 amide bonds. The molecule has 1 aromatic rings. The molecule has 1 aliphatic carbocycles. The Morgan fingerprint density at radius 3 is 2.33 bits per heavy atom. The molecule has 1 fully saturated rings. The van der Waals surface area contributed by atoms with Gasteiger partial charge in [-0.1, -0.05) is 31.9 Å². The Hall–Kier alpha value is -0.910. The molecule has 5 heteroatoms. The normalized spacial score (nSPS) is 18.0. The van der Waals surface area contributed by atoms with E-state index in [-0.39, 0.29) is 5.54 Å². The minimum Gasteiger partial charge on any atom is -0.313 e. The molecule has 118 valence electrons. The fraction of sp³-hybridized carbons (Fsp3) is 0.625. The summed E-state index contributed by atoms with van der Waals surface area (Å²) in [6.07, 6.45) is 5.13. The third-order valence-corrected chi connectivity index (χ3v) is 5.73. The van der Waals surface area contributed by atoms with Crippen LogP contribution in [0.15, 0.2) is 29.2 Å². The van der Waals surface area contributed by atoms with Crippen LogP contribution in [0.3, 0.4) is 0 Å². The van der Waals surface area contributed by atoms with Crippen molar-refractivity contribution in [2.75, 3.05) is 6.54 Å². The summed E-state index contributed by atoms with van der Waals surface area (Å²) in [6, 6.07) is 7.16. The van der Waals surface area contributed by atoms with Crippen LogP contribution >= 0.6 is 0 Å². The second-order valence-corrected chi connectivity index (χ2v) is 7.88. The molecule has 0 atom stereocenters. The smallest absolute Gasteiger partial charge is 0.241 e. The highest BCUT2D eigenvalue weighted by Gasteiger charge is 2.33. The largest absolute Gasteiger partial charge is 0.313 e. The predicted octanol–water partition coefficient (Wildman–Crippen LogP) is 2.80.